The molecule has 2 aromatic rings. The molecule has 0 saturated carbocycles. The summed E-state index contributed by atoms with van der Waals surface area (Å²) in [6.07, 6.45) is 0. The Morgan fingerprint density at radius 2 is 1.95 bits per heavy atom. The van der Waals surface area contributed by atoms with Gasteiger partial charge in [-0.1, -0.05) is 0 Å². The Bertz CT molecular complexity index is 569. The van der Waals surface area contributed by atoms with Crippen molar-refractivity contribution in [1.82, 2.24) is 0 Å². The van der Waals surface area contributed by atoms with Gasteiger partial charge in [0.2, 0.25) is 0 Å². The van der Waals surface area contributed by atoms with Crippen LogP contribution in [0.1, 0.15) is 11.8 Å². The van der Waals surface area contributed by atoms with Crippen LogP contribution in [0.3, 0.4) is 0 Å². The van der Waals surface area contributed by atoms with Gasteiger partial charge in [0.1, 0.15) is 11.6 Å². The molecule has 1 aromatic carbocycles. The second kappa shape index (κ2) is 6.39. The molecule has 0 spiro atoms. The number of hydrogen-bond acceptors (Lipinski definition) is 3. The van der Waals surface area contributed by atoms with Crippen LogP contribution in [0.5, 0.6) is 0 Å². The lowest BCUT2D eigenvalue weighted by Crippen LogP contribution is -2.20. The van der Waals surface area contributed by atoms with Crippen molar-refractivity contribution < 1.29 is 8.81 Å². The van der Waals surface area contributed by atoms with Crippen molar-refractivity contribution in [3.8, 4) is 0 Å². The minimum Gasteiger partial charge on any atom is -0.451 e. The summed E-state index contributed by atoms with van der Waals surface area (Å²) in [6, 6.07) is 6.34. The zero-order valence-corrected chi connectivity index (χ0v) is 14.3. The molecule has 0 saturated heterocycles. The van der Waals surface area contributed by atoms with Gasteiger partial charge in [-0.2, -0.15) is 0 Å². The van der Waals surface area contributed by atoms with Crippen molar-refractivity contribution in [3.63, 3.8) is 0 Å². The molecule has 0 amide bonds. The van der Waals surface area contributed by atoms with Gasteiger partial charge in [0, 0.05) is 12.2 Å². The first-order valence-corrected chi connectivity index (χ1v) is 7.75. The number of furan rings is 1. The highest BCUT2D eigenvalue weighted by Crippen LogP contribution is 2.31. The van der Waals surface area contributed by atoms with Gasteiger partial charge < -0.3 is 15.5 Å². The summed E-state index contributed by atoms with van der Waals surface area (Å²) in [7, 11) is 0. The lowest BCUT2D eigenvalue weighted by atomic mass is 10.2. The first-order chi connectivity index (χ1) is 9.01. The minimum atomic E-state index is -0.307. The highest BCUT2D eigenvalue weighted by atomic mass is 79.9. The molecule has 1 heterocycles. The van der Waals surface area contributed by atoms with Crippen LogP contribution in [0.15, 0.2) is 42.3 Å². The van der Waals surface area contributed by atoms with Crippen molar-refractivity contribution in [2.75, 3.05) is 11.9 Å². The fourth-order valence-corrected chi connectivity index (χ4v) is 2.56. The Kier molecular flexibility index (Phi) is 5.05. The van der Waals surface area contributed by atoms with Gasteiger partial charge >= 0.3 is 0 Å². The van der Waals surface area contributed by atoms with Crippen LogP contribution < -0.4 is 11.1 Å². The van der Waals surface area contributed by atoms with Crippen molar-refractivity contribution in [3.05, 3.63) is 49.5 Å². The Labute approximate surface area is 135 Å². The second-order valence-corrected chi connectivity index (χ2v) is 6.26. The normalized spacial score (nSPS) is 12.5. The minimum absolute atomic E-state index is 0.194. The largest absolute Gasteiger partial charge is 0.451 e. The Balaban J connectivity index is 2.21. The fraction of sp³-hybridized carbons (Fsp3) is 0.167. The summed E-state index contributed by atoms with van der Waals surface area (Å²) < 4.78 is 20.5. The van der Waals surface area contributed by atoms with Crippen LogP contribution in [0.25, 0.3) is 0 Å². The lowest BCUT2D eigenvalue weighted by molar-refractivity contribution is 0.462. The smallest absolute Gasteiger partial charge is 0.183 e. The zero-order valence-electron chi connectivity index (χ0n) is 9.59. The average molecular weight is 457 g/mol. The first-order valence-electron chi connectivity index (χ1n) is 5.37. The molecule has 0 aliphatic carbocycles. The standard InChI is InChI=1S/C12H10Br3FN2O/c13-7-3-6(1-2-9(7)16)18-10(5-17)11-4-8(14)12(15)19-11/h1-4,10,18H,5,17H2. The molecular formula is C12H10Br3FN2O. The number of halogens is 4. The molecule has 19 heavy (non-hydrogen) atoms. The fourth-order valence-electron chi connectivity index (χ4n) is 1.57. The average Bonchev–Trinajstić information content (AvgIpc) is 2.71. The lowest BCUT2D eigenvalue weighted by Gasteiger charge is -2.16. The predicted octanol–water partition coefficient (Wildman–Crippen LogP) is 4.82. The first kappa shape index (κ1) is 15.0. The van der Waals surface area contributed by atoms with Crippen molar-refractivity contribution in [2.24, 2.45) is 5.73 Å². The van der Waals surface area contributed by atoms with Gasteiger partial charge in [-0.15, -0.1) is 0 Å². The molecule has 3 nitrogen and oxygen atoms in total. The number of hydrogen-bond donors (Lipinski definition) is 2. The SMILES string of the molecule is NCC(Nc1ccc(F)c(Br)c1)c1cc(Br)c(Br)o1. The molecule has 1 aromatic heterocycles. The molecule has 0 bridgehead atoms. The molecular weight excluding hydrogens is 447 g/mol. The van der Waals surface area contributed by atoms with Crippen LogP contribution in [-0.4, -0.2) is 6.54 Å². The number of nitrogens with two attached hydrogens (primary N) is 1. The Morgan fingerprint density at radius 3 is 2.47 bits per heavy atom. The number of nitrogens with one attached hydrogen (secondary N) is 1. The van der Waals surface area contributed by atoms with Gasteiger partial charge in [-0.25, -0.2) is 4.39 Å². The third-order valence-electron chi connectivity index (χ3n) is 2.50. The third-order valence-corrected chi connectivity index (χ3v) is 4.82. The van der Waals surface area contributed by atoms with E-state index in [4.69, 9.17) is 10.2 Å². The predicted molar refractivity (Wildman–Crippen MR) is 83.6 cm³/mol. The monoisotopic (exact) mass is 454 g/mol. The zero-order chi connectivity index (χ0) is 14.0. The summed E-state index contributed by atoms with van der Waals surface area (Å²) in [5, 5.41) is 3.20. The van der Waals surface area contributed by atoms with E-state index < -0.39 is 0 Å². The molecule has 0 fully saturated rings. The molecule has 2 rings (SSSR count). The Morgan fingerprint density at radius 1 is 1.21 bits per heavy atom. The number of rotatable bonds is 4. The molecule has 102 valence electrons. The summed E-state index contributed by atoms with van der Waals surface area (Å²) in [6.45, 7) is 0.349. The summed E-state index contributed by atoms with van der Waals surface area (Å²) in [4.78, 5) is 0. The van der Waals surface area contributed by atoms with E-state index in [2.05, 4.69) is 53.1 Å². The van der Waals surface area contributed by atoms with Crippen molar-refractivity contribution in [2.45, 2.75) is 6.04 Å². The summed E-state index contributed by atoms with van der Waals surface area (Å²) in [5.41, 5.74) is 6.50. The molecule has 7 heteroatoms. The van der Waals surface area contributed by atoms with Crippen molar-refractivity contribution >= 4 is 53.5 Å². The number of benzene rings is 1. The van der Waals surface area contributed by atoms with E-state index in [1.165, 1.54) is 6.07 Å². The second-order valence-electron chi connectivity index (χ2n) is 3.83. The highest BCUT2D eigenvalue weighted by molar-refractivity contribution is 9.13. The van der Waals surface area contributed by atoms with E-state index in [9.17, 15) is 4.39 Å². The maximum atomic E-state index is 13.2. The molecule has 1 atom stereocenters. The topological polar surface area (TPSA) is 51.2 Å². The molecule has 0 aliphatic rings. The van der Waals surface area contributed by atoms with Crippen LogP contribution in [0.2, 0.25) is 0 Å². The summed E-state index contributed by atoms with van der Waals surface area (Å²) in [5.74, 6) is 0.389. The molecule has 3 N–H and O–H groups in total. The van der Waals surface area contributed by atoms with Crippen molar-refractivity contribution in [1.29, 1.82) is 0 Å². The summed E-state index contributed by atoms with van der Waals surface area (Å²) >= 11 is 9.78. The molecule has 1 unspecified atom stereocenters. The van der Waals surface area contributed by atoms with Gasteiger partial charge in [0.05, 0.1) is 15.0 Å². The maximum Gasteiger partial charge on any atom is 0.183 e. The Hall–Kier alpha value is -0.370. The van der Waals surface area contributed by atoms with Crippen LogP contribution in [0, 0.1) is 5.82 Å². The van der Waals surface area contributed by atoms with E-state index in [1.807, 2.05) is 6.07 Å². The van der Waals surface area contributed by atoms with E-state index in [0.29, 0.717) is 21.4 Å². The van der Waals surface area contributed by atoms with E-state index in [-0.39, 0.29) is 11.9 Å². The van der Waals surface area contributed by atoms with Gasteiger partial charge in [-0.05, 0) is 72.1 Å². The maximum absolute atomic E-state index is 13.2. The van der Waals surface area contributed by atoms with Gasteiger partial charge in [0.15, 0.2) is 4.67 Å². The van der Waals surface area contributed by atoms with Gasteiger partial charge in [0.25, 0.3) is 0 Å². The van der Waals surface area contributed by atoms with E-state index >= 15 is 0 Å². The van der Waals surface area contributed by atoms with E-state index in [1.54, 1.807) is 12.1 Å². The van der Waals surface area contributed by atoms with Gasteiger partial charge in [-0.3, -0.25) is 0 Å². The van der Waals surface area contributed by atoms with Crippen LogP contribution in [0.4, 0.5) is 10.1 Å². The molecule has 0 radical (unpaired) electrons. The third kappa shape index (κ3) is 3.59. The van der Waals surface area contributed by atoms with E-state index in [0.717, 1.165) is 10.2 Å². The van der Waals surface area contributed by atoms with Crippen LogP contribution >= 0.6 is 47.8 Å². The highest BCUT2D eigenvalue weighted by Gasteiger charge is 2.16. The molecule has 0 aliphatic heterocycles. The quantitative estimate of drug-likeness (QED) is 0.693. The number of anilines is 1. The van der Waals surface area contributed by atoms with Crippen LogP contribution in [-0.2, 0) is 0 Å².